The molecule has 2 N–H and O–H groups in total. The number of benzene rings is 3. The number of para-hydroxylation sites is 1. The summed E-state index contributed by atoms with van der Waals surface area (Å²) in [5.41, 5.74) is 3.37. The van der Waals surface area contributed by atoms with Crippen LogP contribution in [0.1, 0.15) is 12.0 Å². The van der Waals surface area contributed by atoms with Gasteiger partial charge in [-0.15, -0.1) is 0 Å². The van der Waals surface area contributed by atoms with Crippen molar-refractivity contribution in [1.82, 2.24) is 9.88 Å². The highest BCUT2D eigenvalue weighted by atomic mass is 35.5. The molecule has 1 aromatic heterocycles. The molecule has 2 amide bonds. The molecule has 1 atom stereocenters. The van der Waals surface area contributed by atoms with Gasteiger partial charge in [-0.05, 0) is 72.1 Å². The SMILES string of the molecule is O=C(CC1C(=O)N(c2ccccc2)C(=S)N1CCc1ccc(Cl)cc1)Nc1ccc2cc[nH]c2c1. The van der Waals surface area contributed by atoms with E-state index in [0.29, 0.717) is 34.5 Å². The quantitative estimate of drug-likeness (QED) is 0.332. The van der Waals surface area contributed by atoms with Crippen molar-refractivity contribution < 1.29 is 9.59 Å². The van der Waals surface area contributed by atoms with Crippen molar-refractivity contribution in [2.45, 2.75) is 18.9 Å². The molecule has 3 aromatic carbocycles. The van der Waals surface area contributed by atoms with Gasteiger partial charge in [-0.25, -0.2) is 0 Å². The first-order valence-electron chi connectivity index (χ1n) is 11.3. The fourth-order valence-corrected chi connectivity index (χ4v) is 4.86. The van der Waals surface area contributed by atoms with Crippen molar-refractivity contribution in [3.63, 3.8) is 0 Å². The minimum atomic E-state index is -0.691. The van der Waals surface area contributed by atoms with Crippen LogP contribution in [0, 0.1) is 0 Å². The zero-order chi connectivity index (χ0) is 24.4. The summed E-state index contributed by atoms with van der Waals surface area (Å²) in [5, 5.41) is 5.06. The van der Waals surface area contributed by atoms with Crippen LogP contribution in [0.4, 0.5) is 11.4 Å². The summed E-state index contributed by atoms with van der Waals surface area (Å²) in [6.07, 6.45) is 2.51. The van der Waals surface area contributed by atoms with Crippen molar-refractivity contribution >= 4 is 63.0 Å². The van der Waals surface area contributed by atoms with Gasteiger partial charge in [-0.1, -0.05) is 48.0 Å². The highest BCUT2D eigenvalue weighted by molar-refractivity contribution is 7.80. The second-order valence-electron chi connectivity index (χ2n) is 8.41. The minimum Gasteiger partial charge on any atom is -0.361 e. The number of nitrogens with one attached hydrogen (secondary N) is 2. The van der Waals surface area contributed by atoms with Crippen molar-refractivity contribution in [2.24, 2.45) is 0 Å². The third kappa shape index (κ3) is 4.92. The summed E-state index contributed by atoms with van der Waals surface area (Å²) in [6, 6.07) is 23.8. The number of hydrogen-bond acceptors (Lipinski definition) is 3. The van der Waals surface area contributed by atoms with Gasteiger partial charge in [0.05, 0.1) is 12.1 Å². The van der Waals surface area contributed by atoms with Crippen LogP contribution in [0.25, 0.3) is 10.9 Å². The van der Waals surface area contributed by atoms with Crippen LogP contribution in [0.5, 0.6) is 0 Å². The van der Waals surface area contributed by atoms with Crippen LogP contribution >= 0.6 is 23.8 Å². The molecule has 1 unspecified atom stereocenters. The van der Waals surface area contributed by atoms with Crippen LogP contribution in [-0.4, -0.2) is 39.4 Å². The van der Waals surface area contributed by atoms with E-state index in [0.717, 1.165) is 16.5 Å². The lowest BCUT2D eigenvalue weighted by Gasteiger charge is -2.24. The van der Waals surface area contributed by atoms with E-state index in [4.69, 9.17) is 23.8 Å². The van der Waals surface area contributed by atoms with Crippen molar-refractivity contribution in [3.8, 4) is 0 Å². The number of rotatable bonds is 7. The molecule has 5 rings (SSSR count). The van der Waals surface area contributed by atoms with Gasteiger partial charge >= 0.3 is 0 Å². The monoisotopic (exact) mass is 502 g/mol. The number of nitrogens with zero attached hydrogens (tertiary/aromatic N) is 2. The van der Waals surface area contributed by atoms with Crippen molar-refractivity contribution in [1.29, 1.82) is 0 Å². The third-order valence-electron chi connectivity index (χ3n) is 6.11. The highest BCUT2D eigenvalue weighted by Crippen LogP contribution is 2.28. The van der Waals surface area contributed by atoms with Crippen molar-refractivity contribution in [2.75, 3.05) is 16.8 Å². The molecule has 0 radical (unpaired) electrons. The Labute approximate surface area is 213 Å². The van der Waals surface area contributed by atoms with Crippen LogP contribution < -0.4 is 10.2 Å². The average molecular weight is 503 g/mol. The average Bonchev–Trinajstić information content (AvgIpc) is 3.41. The van der Waals surface area contributed by atoms with Crippen LogP contribution in [0.15, 0.2) is 85.1 Å². The van der Waals surface area contributed by atoms with Crippen molar-refractivity contribution in [3.05, 3.63) is 95.6 Å². The number of fused-ring (bicyclic) bond motifs is 1. The van der Waals surface area contributed by atoms with E-state index in [-0.39, 0.29) is 18.2 Å². The van der Waals surface area contributed by atoms with Gasteiger partial charge in [0.1, 0.15) is 6.04 Å². The predicted molar refractivity (Wildman–Crippen MR) is 144 cm³/mol. The number of halogens is 1. The Kier molecular flexibility index (Phi) is 6.53. The van der Waals surface area contributed by atoms with E-state index in [1.54, 1.807) is 0 Å². The zero-order valence-corrected chi connectivity index (χ0v) is 20.4. The molecule has 2 heterocycles. The topological polar surface area (TPSA) is 68.4 Å². The van der Waals surface area contributed by atoms with Gasteiger partial charge in [-0.2, -0.15) is 0 Å². The molecule has 0 spiro atoms. The summed E-state index contributed by atoms with van der Waals surface area (Å²) >= 11 is 11.7. The first-order valence-corrected chi connectivity index (χ1v) is 12.1. The number of carbonyl (C=O) groups is 2. The van der Waals surface area contributed by atoms with Crippen LogP contribution in [0.2, 0.25) is 5.02 Å². The number of anilines is 2. The van der Waals surface area contributed by atoms with Crippen LogP contribution in [0.3, 0.4) is 0 Å². The molecule has 1 aliphatic heterocycles. The minimum absolute atomic E-state index is 0.00825. The number of aromatic nitrogens is 1. The van der Waals surface area contributed by atoms with Crippen LogP contribution in [-0.2, 0) is 16.0 Å². The molecule has 6 nitrogen and oxygen atoms in total. The van der Waals surface area contributed by atoms with Gasteiger partial charge in [0.15, 0.2) is 5.11 Å². The lowest BCUT2D eigenvalue weighted by atomic mass is 10.1. The molecule has 0 saturated carbocycles. The summed E-state index contributed by atoms with van der Waals surface area (Å²) < 4.78 is 0. The lowest BCUT2D eigenvalue weighted by molar-refractivity contribution is -0.124. The number of H-pyrrole nitrogens is 1. The number of thiocarbonyl (C=S) groups is 1. The van der Waals surface area contributed by atoms with Gasteiger partial charge in [-0.3, -0.25) is 14.5 Å². The molecule has 1 aliphatic rings. The molecular formula is C27H23ClN4O2S. The molecule has 176 valence electrons. The van der Waals surface area contributed by atoms with Gasteiger partial charge in [0.2, 0.25) is 5.91 Å². The van der Waals surface area contributed by atoms with E-state index in [1.165, 1.54) is 4.90 Å². The summed E-state index contributed by atoms with van der Waals surface area (Å²) in [7, 11) is 0. The maximum absolute atomic E-state index is 13.5. The third-order valence-corrected chi connectivity index (χ3v) is 6.77. The summed E-state index contributed by atoms with van der Waals surface area (Å²) in [5.74, 6) is -0.448. The lowest BCUT2D eigenvalue weighted by Crippen LogP contribution is -2.39. The predicted octanol–water partition coefficient (Wildman–Crippen LogP) is 5.39. The van der Waals surface area contributed by atoms with E-state index in [1.807, 2.05) is 90.0 Å². The Morgan fingerprint density at radius 3 is 2.57 bits per heavy atom. The number of aromatic amines is 1. The van der Waals surface area contributed by atoms with E-state index in [2.05, 4.69) is 10.3 Å². The maximum atomic E-state index is 13.5. The maximum Gasteiger partial charge on any atom is 0.256 e. The summed E-state index contributed by atoms with van der Waals surface area (Å²) in [4.78, 5) is 33.0. The molecule has 1 fully saturated rings. The molecule has 0 aliphatic carbocycles. The number of hydrogen-bond donors (Lipinski definition) is 2. The Morgan fingerprint density at radius 2 is 1.80 bits per heavy atom. The Morgan fingerprint density at radius 1 is 1.03 bits per heavy atom. The van der Waals surface area contributed by atoms with Gasteiger partial charge < -0.3 is 15.2 Å². The van der Waals surface area contributed by atoms with E-state index in [9.17, 15) is 9.59 Å². The van der Waals surface area contributed by atoms with Gasteiger partial charge in [0.25, 0.3) is 5.91 Å². The first kappa shape index (κ1) is 23.1. The Hall–Kier alpha value is -3.68. The number of amides is 2. The van der Waals surface area contributed by atoms with E-state index >= 15 is 0 Å². The van der Waals surface area contributed by atoms with Gasteiger partial charge in [0, 0.05) is 29.0 Å². The molecular weight excluding hydrogens is 480 g/mol. The largest absolute Gasteiger partial charge is 0.361 e. The molecule has 4 aromatic rings. The normalized spacial score (nSPS) is 15.7. The standard InChI is InChI=1S/C27H23ClN4O2S/c28-20-9-6-18(7-10-20)13-15-31-24(26(34)32(27(31)35)22-4-2-1-3-5-22)17-25(33)30-21-11-8-19-12-14-29-23(19)16-21/h1-12,14,16,24,29H,13,15,17H2,(H,30,33). The molecule has 0 bridgehead atoms. The fourth-order valence-electron chi connectivity index (χ4n) is 4.32. The second kappa shape index (κ2) is 9.90. The molecule has 35 heavy (non-hydrogen) atoms. The number of carbonyl (C=O) groups excluding carboxylic acids is 2. The Bertz CT molecular complexity index is 1390. The first-order chi connectivity index (χ1) is 17.0. The fraction of sp³-hybridized carbons (Fsp3) is 0.148. The Balaban J connectivity index is 1.36. The summed E-state index contributed by atoms with van der Waals surface area (Å²) in [6.45, 7) is 0.502. The molecule has 8 heteroatoms. The smallest absolute Gasteiger partial charge is 0.256 e. The highest BCUT2D eigenvalue weighted by Gasteiger charge is 2.43. The zero-order valence-electron chi connectivity index (χ0n) is 18.8. The second-order valence-corrected chi connectivity index (χ2v) is 9.21. The van der Waals surface area contributed by atoms with E-state index < -0.39 is 6.04 Å². The molecule has 1 saturated heterocycles.